The van der Waals surface area contributed by atoms with E-state index in [9.17, 15) is 4.79 Å². The van der Waals surface area contributed by atoms with Gasteiger partial charge in [-0.3, -0.25) is 4.79 Å². The first kappa shape index (κ1) is 14.6. The van der Waals surface area contributed by atoms with Crippen LogP contribution in [0.25, 0.3) is 0 Å². The Morgan fingerprint density at radius 3 is 3.05 bits per heavy atom. The van der Waals surface area contributed by atoms with Gasteiger partial charge in [-0.05, 0) is 36.6 Å². The van der Waals surface area contributed by atoms with Gasteiger partial charge in [0.15, 0.2) is 0 Å². The molecule has 0 spiro atoms. The number of hydrogen-bond acceptors (Lipinski definition) is 4. The normalized spacial score (nSPS) is 10.7. The zero-order chi connectivity index (χ0) is 14.4. The topological polar surface area (TPSA) is 50.7 Å². The summed E-state index contributed by atoms with van der Waals surface area (Å²) in [7, 11) is 0. The lowest BCUT2D eigenvalue weighted by Crippen LogP contribution is -2.16. The molecule has 0 bridgehead atoms. The third-order valence-corrected chi connectivity index (χ3v) is 3.49. The molecule has 1 aromatic heterocycles. The van der Waals surface area contributed by atoms with Crippen LogP contribution in [-0.2, 0) is 0 Å². The third-order valence-electron chi connectivity index (χ3n) is 2.39. The molecular formula is C14H13ClN2O2S. The second kappa shape index (κ2) is 7.07. The summed E-state index contributed by atoms with van der Waals surface area (Å²) in [6.07, 6.45) is 1.52. The molecule has 2 aromatic rings. The van der Waals surface area contributed by atoms with E-state index in [0.29, 0.717) is 27.8 Å². The summed E-state index contributed by atoms with van der Waals surface area (Å²) in [5.41, 5.74) is 3.18. The first-order chi connectivity index (χ1) is 9.70. The first-order valence-corrected chi connectivity index (χ1v) is 7.25. The molecule has 0 aliphatic carbocycles. The van der Waals surface area contributed by atoms with Crippen molar-refractivity contribution in [3.8, 4) is 5.75 Å². The number of benzene rings is 1. The molecule has 0 radical (unpaired) electrons. The van der Waals surface area contributed by atoms with Gasteiger partial charge in [-0.1, -0.05) is 17.7 Å². The van der Waals surface area contributed by atoms with Crippen molar-refractivity contribution in [2.24, 2.45) is 5.10 Å². The van der Waals surface area contributed by atoms with Crippen molar-refractivity contribution in [1.29, 1.82) is 0 Å². The minimum absolute atomic E-state index is 0.240. The number of ether oxygens (including phenoxy) is 1. The lowest BCUT2D eigenvalue weighted by molar-refractivity contribution is 0.0959. The Morgan fingerprint density at radius 1 is 1.50 bits per heavy atom. The Hall–Kier alpha value is -1.85. The molecule has 0 unspecified atom stereocenters. The maximum absolute atomic E-state index is 11.7. The summed E-state index contributed by atoms with van der Waals surface area (Å²) in [5, 5.41) is 6.34. The fourth-order valence-electron chi connectivity index (χ4n) is 1.53. The monoisotopic (exact) mass is 308 g/mol. The summed E-state index contributed by atoms with van der Waals surface area (Å²) < 4.78 is 5.46. The number of hydrogen-bond donors (Lipinski definition) is 1. The summed E-state index contributed by atoms with van der Waals surface area (Å²) >= 11 is 7.30. The van der Waals surface area contributed by atoms with Crippen molar-refractivity contribution < 1.29 is 9.53 Å². The third kappa shape index (κ3) is 3.82. The first-order valence-electron chi connectivity index (χ1n) is 6.00. The zero-order valence-electron chi connectivity index (χ0n) is 10.8. The molecule has 104 valence electrons. The van der Waals surface area contributed by atoms with Gasteiger partial charge < -0.3 is 4.74 Å². The van der Waals surface area contributed by atoms with Crippen LogP contribution in [0.2, 0.25) is 5.02 Å². The summed E-state index contributed by atoms with van der Waals surface area (Å²) in [6.45, 7) is 2.44. The molecule has 1 heterocycles. The lowest BCUT2D eigenvalue weighted by atomic mass is 10.2. The molecule has 1 amide bonds. The van der Waals surface area contributed by atoms with Gasteiger partial charge >= 0.3 is 0 Å². The van der Waals surface area contributed by atoms with Gasteiger partial charge in [-0.15, -0.1) is 11.3 Å². The molecule has 0 aliphatic heterocycles. The SMILES string of the molecule is CCOc1ccc(Cl)cc1/C=N/NC(=O)c1cccs1. The molecule has 1 N–H and O–H groups in total. The zero-order valence-corrected chi connectivity index (χ0v) is 12.4. The molecule has 0 atom stereocenters. The summed E-state index contributed by atoms with van der Waals surface area (Å²) in [6, 6.07) is 8.80. The number of carbonyl (C=O) groups is 1. The number of halogens is 1. The van der Waals surface area contributed by atoms with Crippen LogP contribution >= 0.6 is 22.9 Å². The molecule has 1 aromatic carbocycles. The number of amides is 1. The van der Waals surface area contributed by atoms with E-state index in [1.807, 2.05) is 18.4 Å². The summed E-state index contributed by atoms with van der Waals surface area (Å²) in [5.74, 6) is 0.433. The largest absolute Gasteiger partial charge is 0.493 e. The van der Waals surface area contributed by atoms with E-state index in [1.165, 1.54) is 17.6 Å². The maximum atomic E-state index is 11.7. The number of nitrogens with one attached hydrogen (secondary N) is 1. The molecule has 2 rings (SSSR count). The Labute approximate surface area is 126 Å². The van der Waals surface area contributed by atoms with E-state index < -0.39 is 0 Å². The molecular weight excluding hydrogens is 296 g/mol. The highest BCUT2D eigenvalue weighted by Gasteiger charge is 2.05. The number of hydrazone groups is 1. The Kier molecular flexibility index (Phi) is 5.15. The predicted molar refractivity (Wildman–Crippen MR) is 82.0 cm³/mol. The van der Waals surface area contributed by atoms with Crippen molar-refractivity contribution in [3.05, 3.63) is 51.2 Å². The van der Waals surface area contributed by atoms with Gasteiger partial charge in [-0.25, -0.2) is 5.43 Å². The number of carbonyl (C=O) groups excluding carboxylic acids is 1. The van der Waals surface area contributed by atoms with E-state index >= 15 is 0 Å². The highest BCUT2D eigenvalue weighted by molar-refractivity contribution is 7.12. The second-order valence-corrected chi connectivity index (χ2v) is 5.18. The standard InChI is InChI=1S/C14H13ClN2O2S/c1-2-19-12-6-5-11(15)8-10(12)9-16-17-14(18)13-4-3-7-20-13/h3-9H,2H2,1H3,(H,17,18)/b16-9+. The van der Waals surface area contributed by atoms with Gasteiger partial charge in [0.1, 0.15) is 5.75 Å². The van der Waals surface area contributed by atoms with E-state index in [1.54, 1.807) is 24.3 Å². The van der Waals surface area contributed by atoms with Crippen LogP contribution in [0.1, 0.15) is 22.2 Å². The fraction of sp³-hybridized carbons (Fsp3) is 0.143. The van der Waals surface area contributed by atoms with Crippen LogP contribution in [-0.4, -0.2) is 18.7 Å². The average molecular weight is 309 g/mol. The molecule has 20 heavy (non-hydrogen) atoms. The Morgan fingerprint density at radius 2 is 2.35 bits per heavy atom. The summed E-state index contributed by atoms with van der Waals surface area (Å²) in [4.78, 5) is 12.3. The quantitative estimate of drug-likeness (QED) is 0.678. The molecule has 0 saturated heterocycles. The van der Waals surface area contributed by atoms with Gasteiger partial charge in [0, 0.05) is 10.6 Å². The highest BCUT2D eigenvalue weighted by atomic mass is 35.5. The van der Waals surface area contributed by atoms with Gasteiger partial charge in [-0.2, -0.15) is 5.10 Å². The Balaban J connectivity index is 2.07. The fourth-order valence-corrected chi connectivity index (χ4v) is 2.32. The Bertz CT molecular complexity index is 612. The number of rotatable bonds is 5. The molecule has 0 fully saturated rings. The van der Waals surface area contributed by atoms with Crippen LogP contribution < -0.4 is 10.2 Å². The minimum Gasteiger partial charge on any atom is -0.493 e. The van der Waals surface area contributed by atoms with Crippen LogP contribution in [0, 0.1) is 0 Å². The second-order valence-electron chi connectivity index (χ2n) is 3.79. The van der Waals surface area contributed by atoms with Gasteiger partial charge in [0.2, 0.25) is 0 Å². The molecule has 4 nitrogen and oxygen atoms in total. The molecule has 6 heteroatoms. The van der Waals surface area contributed by atoms with Gasteiger partial charge in [0.25, 0.3) is 5.91 Å². The van der Waals surface area contributed by atoms with E-state index in [2.05, 4.69) is 10.5 Å². The molecule has 0 aliphatic rings. The molecule has 0 saturated carbocycles. The van der Waals surface area contributed by atoms with Crippen LogP contribution in [0.4, 0.5) is 0 Å². The van der Waals surface area contributed by atoms with Crippen molar-refractivity contribution in [1.82, 2.24) is 5.43 Å². The number of thiophene rings is 1. The highest BCUT2D eigenvalue weighted by Crippen LogP contribution is 2.21. The lowest BCUT2D eigenvalue weighted by Gasteiger charge is -2.06. The van der Waals surface area contributed by atoms with Crippen LogP contribution in [0.15, 0.2) is 40.8 Å². The van der Waals surface area contributed by atoms with Crippen molar-refractivity contribution in [2.75, 3.05) is 6.61 Å². The minimum atomic E-state index is -0.240. The van der Waals surface area contributed by atoms with E-state index in [4.69, 9.17) is 16.3 Å². The number of nitrogens with zero attached hydrogens (tertiary/aromatic N) is 1. The van der Waals surface area contributed by atoms with Crippen LogP contribution in [0.3, 0.4) is 0 Å². The average Bonchev–Trinajstić information content (AvgIpc) is 2.96. The van der Waals surface area contributed by atoms with E-state index in [0.717, 1.165) is 0 Å². The van der Waals surface area contributed by atoms with Crippen molar-refractivity contribution in [2.45, 2.75) is 6.92 Å². The van der Waals surface area contributed by atoms with Crippen LogP contribution in [0.5, 0.6) is 5.75 Å². The smallest absolute Gasteiger partial charge is 0.281 e. The predicted octanol–water partition coefficient (Wildman–Crippen LogP) is 3.56. The van der Waals surface area contributed by atoms with Gasteiger partial charge in [0.05, 0.1) is 17.7 Å². The maximum Gasteiger partial charge on any atom is 0.281 e. The van der Waals surface area contributed by atoms with Crippen molar-refractivity contribution >= 4 is 35.1 Å². The van der Waals surface area contributed by atoms with Crippen molar-refractivity contribution in [3.63, 3.8) is 0 Å². The van der Waals surface area contributed by atoms with E-state index in [-0.39, 0.29) is 5.91 Å².